The van der Waals surface area contributed by atoms with E-state index >= 15 is 0 Å². The zero-order chi connectivity index (χ0) is 8.69. The van der Waals surface area contributed by atoms with Gasteiger partial charge < -0.3 is 0 Å². The predicted molar refractivity (Wildman–Crippen MR) is 47.7 cm³/mol. The predicted octanol–water partition coefficient (Wildman–Crippen LogP) is 2.13. The molecule has 0 aliphatic rings. The Morgan fingerprint density at radius 3 is 2.36 bits per heavy atom. The Bertz CT molecular complexity index is 212. The van der Waals surface area contributed by atoms with Crippen LogP contribution in [0.15, 0.2) is 28.9 Å². The fraction of sp³-hybridized carbons (Fsp3) is 0.333. The monoisotopic (exact) mass is 151 g/mol. The minimum absolute atomic E-state index is 0.0424. The van der Waals surface area contributed by atoms with Gasteiger partial charge in [-0.25, -0.2) is 0 Å². The second-order valence-electron chi connectivity index (χ2n) is 2.06. The fourth-order valence-electron chi connectivity index (χ4n) is 0.578. The highest BCUT2D eigenvalue weighted by Gasteiger charge is 1.95. The number of aliphatic imine (C=N–C) groups is 1. The molecule has 0 heterocycles. The van der Waals surface area contributed by atoms with E-state index in [1.54, 1.807) is 18.5 Å². The third-order valence-corrected chi connectivity index (χ3v) is 1.17. The summed E-state index contributed by atoms with van der Waals surface area (Å²) in [6, 6.07) is 0. The van der Waals surface area contributed by atoms with Crippen LogP contribution in [0, 0.1) is 0 Å². The van der Waals surface area contributed by atoms with Crippen molar-refractivity contribution in [3.05, 3.63) is 23.9 Å². The zero-order valence-electron chi connectivity index (χ0n) is 7.16. The van der Waals surface area contributed by atoms with Gasteiger partial charge in [0.1, 0.15) is 0 Å². The van der Waals surface area contributed by atoms with Gasteiger partial charge in [0.15, 0.2) is 5.78 Å². The summed E-state index contributed by atoms with van der Waals surface area (Å²) in [7, 11) is 0. The zero-order valence-corrected chi connectivity index (χ0v) is 7.16. The van der Waals surface area contributed by atoms with Gasteiger partial charge in [0.05, 0.1) is 0 Å². The van der Waals surface area contributed by atoms with Crippen molar-refractivity contribution < 1.29 is 4.79 Å². The lowest BCUT2D eigenvalue weighted by molar-refractivity contribution is -0.113. The first-order valence-electron chi connectivity index (χ1n) is 3.54. The van der Waals surface area contributed by atoms with E-state index in [1.165, 1.54) is 6.92 Å². The highest BCUT2D eigenvalue weighted by Crippen LogP contribution is 1.91. The van der Waals surface area contributed by atoms with Crippen LogP contribution < -0.4 is 0 Å². The molecule has 0 aromatic carbocycles. The van der Waals surface area contributed by atoms with E-state index in [-0.39, 0.29) is 5.78 Å². The highest BCUT2D eigenvalue weighted by molar-refractivity contribution is 6.12. The fourth-order valence-corrected chi connectivity index (χ4v) is 0.578. The van der Waals surface area contributed by atoms with E-state index in [2.05, 4.69) is 4.99 Å². The van der Waals surface area contributed by atoms with Crippen LogP contribution in [0.25, 0.3) is 0 Å². The van der Waals surface area contributed by atoms with Crippen molar-refractivity contribution in [2.45, 2.75) is 20.8 Å². The Hall–Kier alpha value is -1.18. The Kier molecular flexibility index (Phi) is 4.99. The van der Waals surface area contributed by atoms with E-state index in [0.29, 0.717) is 5.57 Å². The number of ketones is 1. The van der Waals surface area contributed by atoms with Crippen molar-refractivity contribution in [3.63, 3.8) is 0 Å². The number of hydrogen-bond acceptors (Lipinski definition) is 2. The van der Waals surface area contributed by atoms with Crippen molar-refractivity contribution in [2.75, 3.05) is 0 Å². The number of nitrogens with zero attached hydrogens (tertiary/aromatic N) is 1. The molecule has 0 rings (SSSR count). The summed E-state index contributed by atoms with van der Waals surface area (Å²) in [4.78, 5) is 14.7. The molecule has 0 saturated carbocycles. The van der Waals surface area contributed by atoms with Gasteiger partial charge in [0, 0.05) is 18.0 Å². The van der Waals surface area contributed by atoms with Crippen LogP contribution >= 0.6 is 0 Å². The van der Waals surface area contributed by atoms with Crippen LogP contribution in [0.2, 0.25) is 0 Å². The van der Waals surface area contributed by atoms with Gasteiger partial charge in [-0.3, -0.25) is 9.79 Å². The van der Waals surface area contributed by atoms with Crippen LogP contribution in [0.3, 0.4) is 0 Å². The quantitative estimate of drug-likeness (QED) is 0.448. The number of hydrogen-bond donors (Lipinski definition) is 0. The molecule has 0 N–H and O–H groups in total. The standard InChI is InChI=1S/C9H13NO/c1-4-6-10-7-9(5-2)8(3)11/h4-7H,1-3H3/b6-4-,9-5?,10-7?. The molecule has 0 radical (unpaired) electrons. The van der Waals surface area contributed by atoms with E-state index in [4.69, 9.17) is 0 Å². The van der Waals surface area contributed by atoms with E-state index in [0.717, 1.165) is 0 Å². The molecular weight excluding hydrogens is 138 g/mol. The lowest BCUT2D eigenvalue weighted by Gasteiger charge is -1.89. The molecular formula is C9H13NO. The second-order valence-corrected chi connectivity index (χ2v) is 2.06. The molecule has 0 spiro atoms. The topological polar surface area (TPSA) is 29.4 Å². The van der Waals surface area contributed by atoms with Crippen LogP contribution in [-0.2, 0) is 4.79 Å². The first-order chi connectivity index (χ1) is 5.22. The molecule has 11 heavy (non-hydrogen) atoms. The SMILES string of the molecule is CC=C(C=N/C=C\C)C(C)=O. The van der Waals surface area contributed by atoms with Crippen molar-refractivity contribution in [2.24, 2.45) is 4.99 Å². The Morgan fingerprint density at radius 1 is 1.36 bits per heavy atom. The summed E-state index contributed by atoms with van der Waals surface area (Å²) in [5.41, 5.74) is 0.642. The van der Waals surface area contributed by atoms with Gasteiger partial charge in [-0.1, -0.05) is 12.2 Å². The maximum atomic E-state index is 10.8. The molecule has 0 unspecified atom stereocenters. The largest absolute Gasteiger partial charge is 0.294 e. The average molecular weight is 151 g/mol. The summed E-state index contributed by atoms with van der Waals surface area (Å²) >= 11 is 0. The van der Waals surface area contributed by atoms with Crippen molar-refractivity contribution in [3.8, 4) is 0 Å². The second kappa shape index (κ2) is 5.59. The molecule has 2 heteroatoms. The summed E-state index contributed by atoms with van der Waals surface area (Å²) in [5.74, 6) is 0.0424. The molecule has 0 fully saturated rings. The van der Waals surface area contributed by atoms with Gasteiger partial charge in [-0.05, 0) is 20.8 Å². The smallest absolute Gasteiger partial charge is 0.161 e. The molecule has 0 bridgehead atoms. The lowest BCUT2D eigenvalue weighted by atomic mass is 10.2. The number of Topliss-reactive ketones (excluding diaryl/α,β-unsaturated/α-hetero) is 1. The summed E-state index contributed by atoms with van der Waals surface area (Å²) in [6.45, 7) is 5.22. The van der Waals surface area contributed by atoms with Crippen molar-refractivity contribution in [1.29, 1.82) is 0 Å². The third kappa shape index (κ3) is 4.25. The van der Waals surface area contributed by atoms with Crippen LogP contribution in [-0.4, -0.2) is 12.0 Å². The summed E-state index contributed by atoms with van der Waals surface area (Å²) in [6.07, 6.45) is 6.76. The molecule has 0 aliphatic carbocycles. The number of carbonyl (C=O) groups excluding carboxylic acids is 1. The molecule has 2 nitrogen and oxygen atoms in total. The molecule has 0 aromatic rings. The van der Waals surface area contributed by atoms with E-state index < -0.39 is 0 Å². The molecule has 0 aliphatic heterocycles. The van der Waals surface area contributed by atoms with Crippen LogP contribution in [0.1, 0.15) is 20.8 Å². The summed E-state index contributed by atoms with van der Waals surface area (Å²) < 4.78 is 0. The Balaban J connectivity index is 4.22. The van der Waals surface area contributed by atoms with Crippen LogP contribution in [0.5, 0.6) is 0 Å². The average Bonchev–Trinajstić information content (AvgIpc) is 1.97. The molecule has 0 atom stereocenters. The van der Waals surface area contributed by atoms with Gasteiger partial charge in [0.2, 0.25) is 0 Å². The maximum Gasteiger partial charge on any atom is 0.161 e. The third-order valence-electron chi connectivity index (χ3n) is 1.17. The van der Waals surface area contributed by atoms with Gasteiger partial charge in [-0.2, -0.15) is 0 Å². The Labute approximate surface area is 67.3 Å². The Morgan fingerprint density at radius 2 is 2.00 bits per heavy atom. The molecule has 0 aromatic heterocycles. The van der Waals surface area contributed by atoms with Gasteiger partial charge >= 0.3 is 0 Å². The lowest BCUT2D eigenvalue weighted by Crippen LogP contribution is -1.96. The van der Waals surface area contributed by atoms with Crippen molar-refractivity contribution >= 4 is 12.0 Å². The van der Waals surface area contributed by atoms with E-state index in [9.17, 15) is 4.79 Å². The van der Waals surface area contributed by atoms with Crippen molar-refractivity contribution in [1.82, 2.24) is 0 Å². The maximum absolute atomic E-state index is 10.8. The number of allylic oxidation sites excluding steroid dienone is 3. The minimum atomic E-state index is 0.0424. The highest BCUT2D eigenvalue weighted by atomic mass is 16.1. The van der Waals surface area contributed by atoms with Gasteiger partial charge in [0.25, 0.3) is 0 Å². The molecule has 0 saturated heterocycles. The first-order valence-corrected chi connectivity index (χ1v) is 3.54. The van der Waals surface area contributed by atoms with E-state index in [1.807, 2.05) is 19.9 Å². The molecule has 0 amide bonds. The minimum Gasteiger partial charge on any atom is -0.294 e. The number of rotatable bonds is 3. The summed E-state index contributed by atoms with van der Waals surface area (Å²) in [5, 5.41) is 0. The number of carbonyl (C=O) groups is 1. The normalized spacial score (nSPS) is 13.2. The first kappa shape index (κ1) is 9.82. The van der Waals surface area contributed by atoms with Crippen LogP contribution in [0.4, 0.5) is 0 Å². The van der Waals surface area contributed by atoms with Gasteiger partial charge in [-0.15, -0.1) is 0 Å². The molecule has 60 valence electrons.